The number of ether oxygens (including phenoxy) is 2. The minimum Gasteiger partial charge on any atom is -0.492 e. The largest absolute Gasteiger partial charge is 0.492 e. The second-order valence-electron chi connectivity index (χ2n) is 4.40. The molecule has 1 fully saturated rings. The van der Waals surface area contributed by atoms with E-state index < -0.39 is 10.0 Å². The van der Waals surface area contributed by atoms with Crippen molar-refractivity contribution < 1.29 is 17.9 Å². The Morgan fingerprint density at radius 1 is 1.32 bits per heavy atom. The zero-order valence-corrected chi connectivity index (χ0v) is 12.1. The first kappa shape index (κ1) is 14.3. The topological polar surface area (TPSA) is 55.8 Å². The van der Waals surface area contributed by atoms with Gasteiger partial charge in [-0.1, -0.05) is 6.07 Å². The van der Waals surface area contributed by atoms with Crippen LogP contribution in [0.5, 0.6) is 5.75 Å². The number of benzene rings is 1. The molecular formula is C13H19NO4S. The molecule has 5 nitrogen and oxygen atoms in total. The van der Waals surface area contributed by atoms with E-state index >= 15 is 0 Å². The Morgan fingerprint density at radius 2 is 2.00 bits per heavy atom. The van der Waals surface area contributed by atoms with Crippen LogP contribution in [0.1, 0.15) is 12.5 Å². The number of aryl methyl sites for hydroxylation is 1. The summed E-state index contributed by atoms with van der Waals surface area (Å²) < 4.78 is 37.3. The van der Waals surface area contributed by atoms with Gasteiger partial charge in [0.05, 0.1) is 19.8 Å². The predicted octanol–water partition coefficient (Wildman–Crippen LogP) is 1.41. The third-order valence-corrected chi connectivity index (χ3v) is 4.92. The molecule has 1 aromatic carbocycles. The van der Waals surface area contributed by atoms with E-state index in [-0.39, 0.29) is 4.90 Å². The maximum absolute atomic E-state index is 12.6. The second-order valence-corrected chi connectivity index (χ2v) is 6.31. The molecule has 0 aromatic heterocycles. The van der Waals surface area contributed by atoms with E-state index in [4.69, 9.17) is 9.47 Å². The van der Waals surface area contributed by atoms with Crippen molar-refractivity contribution in [2.75, 3.05) is 32.9 Å². The van der Waals surface area contributed by atoms with E-state index in [2.05, 4.69) is 0 Å². The lowest BCUT2D eigenvalue weighted by Crippen LogP contribution is -2.40. The molecule has 0 spiro atoms. The summed E-state index contributed by atoms with van der Waals surface area (Å²) >= 11 is 0. The van der Waals surface area contributed by atoms with Crippen LogP contribution in [0.3, 0.4) is 0 Å². The first-order valence-corrected chi connectivity index (χ1v) is 7.81. The van der Waals surface area contributed by atoms with Crippen LogP contribution in [-0.4, -0.2) is 45.6 Å². The molecule has 0 aliphatic carbocycles. The summed E-state index contributed by atoms with van der Waals surface area (Å²) in [5, 5.41) is 0. The highest BCUT2D eigenvalue weighted by molar-refractivity contribution is 7.89. The minimum atomic E-state index is -3.50. The van der Waals surface area contributed by atoms with Gasteiger partial charge < -0.3 is 9.47 Å². The lowest BCUT2D eigenvalue weighted by molar-refractivity contribution is 0.0729. The van der Waals surface area contributed by atoms with E-state index in [9.17, 15) is 8.42 Å². The molecule has 1 aromatic rings. The van der Waals surface area contributed by atoms with Crippen molar-refractivity contribution in [3.8, 4) is 5.75 Å². The van der Waals surface area contributed by atoms with Crippen LogP contribution in [0.2, 0.25) is 0 Å². The predicted molar refractivity (Wildman–Crippen MR) is 71.9 cm³/mol. The Labute approximate surface area is 114 Å². The molecule has 0 amide bonds. The third-order valence-electron chi connectivity index (χ3n) is 2.99. The number of rotatable bonds is 4. The monoisotopic (exact) mass is 285 g/mol. The summed E-state index contributed by atoms with van der Waals surface area (Å²) in [4.78, 5) is 0.238. The molecule has 0 atom stereocenters. The van der Waals surface area contributed by atoms with Gasteiger partial charge in [-0.3, -0.25) is 0 Å². The first-order chi connectivity index (χ1) is 9.05. The quantitative estimate of drug-likeness (QED) is 0.839. The van der Waals surface area contributed by atoms with Gasteiger partial charge in [-0.05, 0) is 31.5 Å². The van der Waals surface area contributed by atoms with Gasteiger partial charge in [-0.15, -0.1) is 0 Å². The van der Waals surface area contributed by atoms with Crippen molar-refractivity contribution in [1.29, 1.82) is 0 Å². The number of nitrogens with zero attached hydrogens (tertiary/aromatic N) is 1. The molecule has 0 radical (unpaired) electrons. The average Bonchev–Trinajstić information content (AvgIpc) is 2.40. The van der Waals surface area contributed by atoms with Crippen LogP contribution in [0, 0.1) is 6.92 Å². The van der Waals surface area contributed by atoms with Gasteiger partial charge in [0, 0.05) is 13.1 Å². The lowest BCUT2D eigenvalue weighted by Gasteiger charge is -2.26. The zero-order valence-electron chi connectivity index (χ0n) is 11.3. The molecule has 0 bridgehead atoms. The molecule has 2 rings (SSSR count). The number of morpholine rings is 1. The fraction of sp³-hybridized carbons (Fsp3) is 0.538. The van der Waals surface area contributed by atoms with Crippen molar-refractivity contribution in [1.82, 2.24) is 4.31 Å². The van der Waals surface area contributed by atoms with Crippen molar-refractivity contribution in [2.24, 2.45) is 0 Å². The molecule has 1 aliphatic heterocycles. The van der Waals surface area contributed by atoms with Gasteiger partial charge in [0.25, 0.3) is 0 Å². The van der Waals surface area contributed by atoms with Gasteiger partial charge in [0.2, 0.25) is 10.0 Å². The van der Waals surface area contributed by atoms with Crippen molar-refractivity contribution >= 4 is 10.0 Å². The normalized spacial score (nSPS) is 17.4. The Morgan fingerprint density at radius 3 is 2.63 bits per heavy atom. The maximum atomic E-state index is 12.6. The van der Waals surface area contributed by atoms with Crippen LogP contribution in [-0.2, 0) is 14.8 Å². The Balaban J connectivity index is 2.38. The fourth-order valence-electron chi connectivity index (χ4n) is 2.02. The standard InChI is InChI=1S/C13H19NO4S/c1-3-18-12-10-11(2)4-5-13(12)19(15,16)14-6-8-17-9-7-14/h4-5,10H,3,6-9H2,1-2H3. The van der Waals surface area contributed by atoms with Crippen molar-refractivity contribution in [3.05, 3.63) is 23.8 Å². The van der Waals surface area contributed by atoms with Crippen LogP contribution in [0.4, 0.5) is 0 Å². The highest BCUT2D eigenvalue weighted by atomic mass is 32.2. The molecule has 0 unspecified atom stereocenters. The van der Waals surface area contributed by atoms with Crippen molar-refractivity contribution in [2.45, 2.75) is 18.7 Å². The molecule has 6 heteroatoms. The fourth-order valence-corrected chi connectivity index (χ4v) is 3.54. The van der Waals surface area contributed by atoms with Crippen LogP contribution < -0.4 is 4.74 Å². The molecule has 1 saturated heterocycles. The Hall–Kier alpha value is -1.11. The van der Waals surface area contributed by atoms with E-state index in [1.807, 2.05) is 13.8 Å². The highest BCUT2D eigenvalue weighted by Gasteiger charge is 2.29. The molecule has 19 heavy (non-hydrogen) atoms. The lowest BCUT2D eigenvalue weighted by atomic mass is 10.2. The molecule has 1 heterocycles. The first-order valence-electron chi connectivity index (χ1n) is 6.37. The maximum Gasteiger partial charge on any atom is 0.246 e. The summed E-state index contributed by atoms with van der Waals surface area (Å²) in [6, 6.07) is 5.16. The number of hydrogen-bond acceptors (Lipinski definition) is 4. The van der Waals surface area contributed by atoms with E-state index in [1.165, 1.54) is 4.31 Å². The van der Waals surface area contributed by atoms with E-state index in [0.29, 0.717) is 38.7 Å². The van der Waals surface area contributed by atoms with Crippen LogP contribution in [0.25, 0.3) is 0 Å². The Kier molecular flexibility index (Phi) is 4.44. The third kappa shape index (κ3) is 3.08. The van der Waals surface area contributed by atoms with E-state index in [0.717, 1.165) is 5.56 Å². The van der Waals surface area contributed by atoms with Crippen LogP contribution >= 0.6 is 0 Å². The van der Waals surface area contributed by atoms with Gasteiger partial charge in [0.1, 0.15) is 10.6 Å². The molecule has 0 N–H and O–H groups in total. The van der Waals surface area contributed by atoms with Gasteiger partial charge in [-0.25, -0.2) is 8.42 Å². The smallest absolute Gasteiger partial charge is 0.246 e. The summed E-state index contributed by atoms with van der Waals surface area (Å²) in [6.45, 7) is 5.85. The SMILES string of the molecule is CCOc1cc(C)ccc1S(=O)(=O)N1CCOCC1. The number of hydrogen-bond donors (Lipinski definition) is 0. The molecule has 1 aliphatic rings. The summed E-state index contributed by atoms with van der Waals surface area (Å²) in [5.74, 6) is 0.425. The molecular weight excluding hydrogens is 266 g/mol. The summed E-state index contributed by atoms with van der Waals surface area (Å²) in [6.07, 6.45) is 0. The number of sulfonamides is 1. The van der Waals surface area contributed by atoms with Crippen LogP contribution in [0.15, 0.2) is 23.1 Å². The van der Waals surface area contributed by atoms with Gasteiger partial charge in [0.15, 0.2) is 0 Å². The molecule has 0 saturated carbocycles. The molecule has 106 valence electrons. The van der Waals surface area contributed by atoms with Gasteiger partial charge in [-0.2, -0.15) is 4.31 Å². The second kappa shape index (κ2) is 5.90. The van der Waals surface area contributed by atoms with Gasteiger partial charge >= 0.3 is 0 Å². The summed E-state index contributed by atoms with van der Waals surface area (Å²) in [5.41, 5.74) is 0.976. The average molecular weight is 285 g/mol. The highest BCUT2D eigenvalue weighted by Crippen LogP contribution is 2.28. The van der Waals surface area contributed by atoms with Crippen molar-refractivity contribution in [3.63, 3.8) is 0 Å². The van der Waals surface area contributed by atoms with E-state index in [1.54, 1.807) is 18.2 Å². The summed E-state index contributed by atoms with van der Waals surface area (Å²) in [7, 11) is -3.50. The zero-order chi connectivity index (χ0) is 13.9. The Bertz CT molecular complexity index is 536. The minimum absolute atomic E-state index is 0.238.